The lowest BCUT2D eigenvalue weighted by Gasteiger charge is -2.22. The van der Waals surface area contributed by atoms with Crippen molar-refractivity contribution in [2.75, 3.05) is 14.1 Å². The molecule has 0 unspecified atom stereocenters. The Balaban J connectivity index is 1.61. The molecule has 0 saturated carbocycles. The first-order valence-electron chi connectivity index (χ1n) is 9.05. The third-order valence-electron chi connectivity index (χ3n) is 4.70. The molecule has 0 amide bonds. The summed E-state index contributed by atoms with van der Waals surface area (Å²) in [6.45, 7) is 4.60. The number of rotatable bonds is 4. The Morgan fingerprint density at radius 1 is 1.20 bits per heavy atom. The lowest BCUT2D eigenvalue weighted by molar-refractivity contribution is 0.473. The highest BCUT2D eigenvalue weighted by Crippen LogP contribution is 2.14. The highest BCUT2D eigenvalue weighted by atomic mass is 15.3. The minimum atomic E-state index is 0.651. The molecule has 0 saturated heterocycles. The van der Waals surface area contributed by atoms with Gasteiger partial charge in [0.2, 0.25) is 0 Å². The first-order valence-corrected chi connectivity index (χ1v) is 9.05. The number of fused-ring (bicyclic) bond motifs is 1. The van der Waals surface area contributed by atoms with Gasteiger partial charge >= 0.3 is 0 Å². The molecule has 0 aliphatic carbocycles. The van der Waals surface area contributed by atoms with Crippen LogP contribution in [0.5, 0.6) is 0 Å². The molecule has 1 N–H and O–H groups in total. The van der Waals surface area contributed by atoms with Crippen LogP contribution >= 0.6 is 0 Å². The van der Waals surface area contributed by atoms with Gasteiger partial charge in [-0.1, -0.05) is 36.2 Å². The van der Waals surface area contributed by atoms with E-state index in [9.17, 15) is 0 Å². The van der Waals surface area contributed by atoms with E-state index < -0.39 is 0 Å². The Morgan fingerprint density at radius 2 is 2.00 bits per heavy atom. The van der Waals surface area contributed by atoms with E-state index in [4.69, 9.17) is 0 Å². The molecule has 0 radical (unpaired) electrons. The van der Waals surface area contributed by atoms with Crippen molar-refractivity contribution in [3.63, 3.8) is 0 Å². The molecule has 134 valence electrons. The minimum Gasteiger partial charge on any atom is -0.349 e. The minimum absolute atomic E-state index is 0.651. The van der Waals surface area contributed by atoms with Gasteiger partial charge in [0.15, 0.2) is 11.8 Å². The monoisotopic (exact) mass is 340 g/mol. The Labute approximate surface area is 150 Å². The summed E-state index contributed by atoms with van der Waals surface area (Å²) in [5.41, 5.74) is 2.55. The molecule has 1 aliphatic rings. The Kier molecular flexibility index (Phi) is 5.68. The SMILES string of the molecule is CN=C(NCc1nnc2n1CCCCC2)N(C)Cc1ccc(C)cc1. The van der Waals surface area contributed by atoms with Gasteiger partial charge in [-0.25, -0.2) is 0 Å². The van der Waals surface area contributed by atoms with E-state index in [-0.39, 0.29) is 0 Å². The van der Waals surface area contributed by atoms with Crippen LogP contribution in [0.1, 0.15) is 42.0 Å². The van der Waals surface area contributed by atoms with Crippen LogP contribution in [0.4, 0.5) is 0 Å². The molecule has 1 aromatic heterocycles. The molecule has 25 heavy (non-hydrogen) atoms. The van der Waals surface area contributed by atoms with E-state index in [2.05, 4.69) is 68.2 Å². The first-order chi connectivity index (χ1) is 12.2. The van der Waals surface area contributed by atoms with Crippen molar-refractivity contribution in [1.82, 2.24) is 25.0 Å². The number of guanidine groups is 1. The average molecular weight is 340 g/mol. The maximum atomic E-state index is 4.41. The van der Waals surface area contributed by atoms with Gasteiger partial charge in [-0.15, -0.1) is 10.2 Å². The molecule has 2 heterocycles. The van der Waals surface area contributed by atoms with Gasteiger partial charge < -0.3 is 14.8 Å². The molecule has 1 aromatic carbocycles. The molecule has 0 spiro atoms. The zero-order valence-corrected chi connectivity index (χ0v) is 15.5. The summed E-state index contributed by atoms with van der Waals surface area (Å²) in [6.07, 6.45) is 4.73. The molecular weight excluding hydrogens is 312 g/mol. The molecule has 3 rings (SSSR count). The van der Waals surface area contributed by atoms with Crippen molar-refractivity contribution in [1.29, 1.82) is 0 Å². The first kappa shape index (κ1) is 17.5. The maximum Gasteiger partial charge on any atom is 0.194 e. The van der Waals surface area contributed by atoms with E-state index in [0.29, 0.717) is 6.54 Å². The molecule has 0 fully saturated rings. The van der Waals surface area contributed by atoms with Crippen LogP contribution < -0.4 is 5.32 Å². The summed E-state index contributed by atoms with van der Waals surface area (Å²) in [7, 11) is 3.87. The lowest BCUT2D eigenvalue weighted by atomic mass is 10.1. The number of hydrogen-bond donors (Lipinski definition) is 1. The fourth-order valence-corrected chi connectivity index (χ4v) is 3.26. The van der Waals surface area contributed by atoms with Crippen LogP contribution in [0, 0.1) is 6.92 Å². The highest BCUT2D eigenvalue weighted by molar-refractivity contribution is 5.79. The third-order valence-corrected chi connectivity index (χ3v) is 4.70. The quantitative estimate of drug-likeness (QED) is 0.686. The zero-order chi connectivity index (χ0) is 17.6. The second-order valence-corrected chi connectivity index (χ2v) is 6.74. The number of hydrogen-bond acceptors (Lipinski definition) is 3. The molecular formula is C19H28N6. The van der Waals surface area contributed by atoms with Crippen molar-refractivity contribution < 1.29 is 0 Å². The number of benzene rings is 1. The zero-order valence-electron chi connectivity index (χ0n) is 15.5. The van der Waals surface area contributed by atoms with Crippen LogP contribution in [0.2, 0.25) is 0 Å². The van der Waals surface area contributed by atoms with Crippen LogP contribution in [-0.4, -0.2) is 39.7 Å². The third kappa shape index (κ3) is 4.38. The molecule has 6 heteroatoms. The van der Waals surface area contributed by atoms with Gasteiger partial charge in [-0.2, -0.15) is 0 Å². The predicted octanol–water partition coefficient (Wildman–Crippen LogP) is 2.52. The number of nitrogens with one attached hydrogen (secondary N) is 1. The van der Waals surface area contributed by atoms with Crippen LogP contribution in [0.3, 0.4) is 0 Å². The van der Waals surface area contributed by atoms with Gasteiger partial charge in [-0.3, -0.25) is 4.99 Å². The van der Waals surface area contributed by atoms with E-state index in [0.717, 1.165) is 37.1 Å². The summed E-state index contributed by atoms with van der Waals surface area (Å²) in [5, 5.41) is 12.2. The summed E-state index contributed by atoms with van der Waals surface area (Å²) < 4.78 is 2.27. The lowest BCUT2D eigenvalue weighted by Crippen LogP contribution is -2.38. The van der Waals surface area contributed by atoms with E-state index >= 15 is 0 Å². The molecule has 2 aromatic rings. The van der Waals surface area contributed by atoms with E-state index in [1.807, 2.05) is 7.05 Å². The predicted molar refractivity (Wildman–Crippen MR) is 100 cm³/mol. The van der Waals surface area contributed by atoms with E-state index in [1.54, 1.807) is 0 Å². The number of aryl methyl sites for hydroxylation is 2. The van der Waals surface area contributed by atoms with Crippen molar-refractivity contribution in [3.05, 3.63) is 47.0 Å². The smallest absolute Gasteiger partial charge is 0.194 e. The fourth-order valence-electron chi connectivity index (χ4n) is 3.26. The van der Waals surface area contributed by atoms with E-state index in [1.165, 1.54) is 30.4 Å². The fraction of sp³-hybridized carbons (Fsp3) is 0.526. The molecule has 0 atom stereocenters. The number of aliphatic imine (C=N–C) groups is 1. The Morgan fingerprint density at radius 3 is 2.76 bits per heavy atom. The van der Waals surface area contributed by atoms with Gasteiger partial charge in [0, 0.05) is 33.6 Å². The van der Waals surface area contributed by atoms with Crippen LogP contribution in [0.25, 0.3) is 0 Å². The Hall–Kier alpha value is -2.37. The highest BCUT2D eigenvalue weighted by Gasteiger charge is 2.15. The Bertz CT molecular complexity index is 716. The van der Waals surface area contributed by atoms with Crippen molar-refractivity contribution in [2.24, 2.45) is 4.99 Å². The van der Waals surface area contributed by atoms with Crippen molar-refractivity contribution in [2.45, 2.75) is 52.2 Å². The molecule has 1 aliphatic heterocycles. The van der Waals surface area contributed by atoms with Crippen LogP contribution in [0.15, 0.2) is 29.3 Å². The van der Waals surface area contributed by atoms with Crippen molar-refractivity contribution in [3.8, 4) is 0 Å². The average Bonchev–Trinajstić information content (AvgIpc) is 2.84. The van der Waals surface area contributed by atoms with Crippen molar-refractivity contribution >= 4 is 5.96 Å². The summed E-state index contributed by atoms with van der Waals surface area (Å²) in [4.78, 5) is 6.54. The topological polar surface area (TPSA) is 58.3 Å². The van der Waals surface area contributed by atoms with Gasteiger partial charge in [0.1, 0.15) is 5.82 Å². The normalized spacial score (nSPS) is 14.8. The standard InChI is InChI=1S/C19H28N6/c1-15-8-10-16(11-9-15)14-24(3)19(20-2)21-13-18-23-22-17-7-5-4-6-12-25(17)18/h8-11H,4-7,12-14H2,1-3H3,(H,20,21). The van der Waals surface area contributed by atoms with Gasteiger partial charge in [-0.05, 0) is 25.3 Å². The van der Waals surface area contributed by atoms with Gasteiger partial charge in [0.05, 0.1) is 6.54 Å². The summed E-state index contributed by atoms with van der Waals surface area (Å²) in [6, 6.07) is 8.62. The van der Waals surface area contributed by atoms with Gasteiger partial charge in [0.25, 0.3) is 0 Å². The maximum absolute atomic E-state index is 4.41. The second-order valence-electron chi connectivity index (χ2n) is 6.74. The molecule has 0 bridgehead atoms. The largest absolute Gasteiger partial charge is 0.349 e. The number of aromatic nitrogens is 3. The number of nitrogens with zero attached hydrogens (tertiary/aromatic N) is 5. The van der Waals surface area contributed by atoms with Crippen LogP contribution in [-0.2, 0) is 26.1 Å². The second kappa shape index (κ2) is 8.14. The summed E-state index contributed by atoms with van der Waals surface area (Å²) >= 11 is 0. The molecule has 6 nitrogen and oxygen atoms in total. The summed E-state index contributed by atoms with van der Waals surface area (Å²) in [5.74, 6) is 2.99.